The normalized spacial score (nSPS) is 12.8. The third kappa shape index (κ3) is 3.11. The van der Waals surface area contributed by atoms with Crippen LogP contribution in [0.1, 0.15) is 32.2 Å². The Kier molecular flexibility index (Phi) is 3.83. The van der Waals surface area contributed by atoms with Crippen LogP contribution in [0, 0.1) is 0 Å². The van der Waals surface area contributed by atoms with Gasteiger partial charge in [-0.2, -0.15) is 18.3 Å². The number of fused-ring (bicyclic) bond motifs is 1. The molecule has 0 atom stereocenters. The van der Waals surface area contributed by atoms with Gasteiger partial charge in [0.1, 0.15) is 5.69 Å². The molecule has 3 nitrogen and oxygen atoms in total. The lowest BCUT2D eigenvalue weighted by molar-refractivity contribution is -0.142. The summed E-state index contributed by atoms with van der Waals surface area (Å²) in [6, 6.07) is 9.36. The van der Waals surface area contributed by atoms with Gasteiger partial charge in [-0.05, 0) is 18.2 Å². The molecule has 0 unspecified atom stereocenters. The van der Waals surface area contributed by atoms with E-state index in [0.29, 0.717) is 22.0 Å². The Hall–Kier alpha value is -2.08. The van der Waals surface area contributed by atoms with Gasteiger partial charge < -0.3 is 0 Å². The molecule has 3 aromatic rings. The molecule has 0 saturated carbocycles. The first-order valence-electron chi connectivity index (χ1n) is 7.30. The fourth-order valence-electron chi connectivity index (χ4n) is 2.32. The van der Waals surface area contributed by atoms with Crippen molar-refractivity contribution in [2.45, 2.75) is 32.4 Å². The van der Waals surface area contributed by atoms with Crippen molar-refractivity contribution in [3.05, 3.63) is 52.8 Å². The number of halogens is 4. The van der Waals surface area contributed by atoms with E-state index in [0.717, 1.165) is 10.6 Å². The van der Waals surface area contributed by atoms with Crippen LogP contribution in [-0.2, 0) is 11.6 Å². The van der Waals surface area contributed by atoms with Crippen molar-refractivity contribution in [3.63, 3.8) is 0 Å². The average Bonchev–Trinajstić information content (AvgIpc) is 2.88. The fourth-order valence-corrected chi connectivity index (χ4v) is 2.45. The molecule has 0 aliphatic rings. The van der Waals surface area contributed by atoms with E-state index in [1.807, 2.05) is 20.8 Å². The van der Waals surface area contributed by atoms with Crippen LogP contribution in [0.5, 0.6) is 0 Å². The van der Waals surface area contributed by atoms with Gasteiger partial charge in [0.2, 0.25) is 0 Å². The highest BCUT2D eigenvalue weighted by Gasteiger charge is 2.36. The summed E-state index contributed by atoms with van der Waals surface area (Å²) in [6.07, 6.45) is -4.52. The van der Waals surface area contributed by atoms with E-state index in [-0.39, 0.29) is 5.65 Å². The molecule has 0 amide bonds. The van der Waals surface area contributed by atoms with E-state index in [4.69, 9.17) is 11.6 Å². The summed E-state index contributed by atoms with van der Waals surface area (Å²) < 4.78 is 41.2. The molecule has 0 N–H and O–H groups in total. The molecule has 0 aliphatic heterocycles. The third-order valence-electron chi connectivity index (χ3n) is 3.63. The van der Waals surface area contributed by atoms with Crippen molar-refractivity contribution in [1.82, 2.24) is 14.6 Å². The second kappa shape index (κ2) is 5.48. The molecule has 3 rings (SSSR count). The third-order valence-corrected chi connectivity index (χ3v) is 3.88. The van der Waals surface area contributed by atoms with E-state index in [2.05, 4.69) is 10.1 Å². The summed E-state index contributed by atoms with van der Waals surface area (Å²) in [5.74, 6) is 0. The SMILES string of the molecule is CC(C)(C)c1cc(C(F)(F)F)n2nc(-c3ccc(Cl)cc3)cc2n1. The minimum absolute atomic E-state index is 0.166. The molecule has 126 valence electrons. The number of benzene rings is 1. The van der Waals surface area contributed by atoms with E-state index in [1.165, 1.54) is 0 Å². The van der Waals surface area contributed by atoms with Crippen molar-refractivity contribution in [3.8, 4) is 11.3 Å². The number of rotatable bonds is 1. The molecular weight excluding hydrogens is 339 g/mol. The van der Waals surface area contributed by atoms with E-state index in [9.17, 15) is 13.2 Å². The smallest absolute Gasteiger partial charge is 0.233 e. The number of nitrogens with zero attached hydrogens (tertiary/aromatic N) is 3. The van der Waals surface area contributed by atoms with Crippen LogP contribution in [0.15, 0.2) is 36.4 Å². The number of hydrogen-bond acceptors (Lipinski definition) is 2. The standard InChI is InChI=1S/C17H15ClF3N3/c1-16(2,3)13-9-14(17(19,20)21)24-15(22-13)8-12(23-24)10-4-6-11(18)7-5-10/h4-9H,1-3H3. The van der Waals surface area contributed by atoms with Crippen LogP contribution < -0.4 is 0 Å². The van der Waals surface area contributed by atoms with Gasteiger partial charge in [-0.15, -0.1) is 0 Å². The number of aromatic nitrogens is 3. The molecule has 0 fully saturated rings. The Labute approximate surface area is 142 Å². The van der Waals surface area contributed by atoms with Crippen LogP contribution in [0.2, 0.25) is 5.02 Å². The Morgan fingerprint density at radius 1 is 1.00 bits per heavy atom. The van der Waals surface area contributed by atoms with Crippen molar-refractivity contribution >= 4 is 17.2 Å². The first-order valence-corrected chi connectivity index (χ1v) is 7.68. The van der Waals surface area contributed by atoms with Gasteiger partial charge >= 0.3 is 6.18 Å². The summed E-state index contributed by atoms with van der Waals surface area (Å²) in [5.41, 5.74) is 0.278. The van der Waals surface area contributed by atoms with Crippen molar-refractivity contribution in [2.24, 2.45) is 0 Å². The lowest BCUT2D eigenvalue weighted by Gasteiger charge is -2.19. The summed E-state index contributed by atoms with van der Waals surface area (Å²) in [4.78, 5) is 4.36. The van der Waals surface area contributed by atoms with Crippen LogP contribution in [-0.4, -0.2) is 14.6 Å². The minimum Gasteiger partial charge on any atom is -0.233 e. The molecule has 0 radical (unpaired) electrons. The molecule has 0 bridgehead atoms. The lowest BCUT2D eigenvalue weighted by atomic mass is 9.91. The highest BCUT2D eigenvalue weighted by Crippen LogP contribution is 2.33. The highest BCUT2D eigenvalue weighted by atomic mass is 35.5. The van der Waals surface area contributed by atoms with Gasteiger partial charge in [-0.25, -0.2) is 9.50 Å². The van der Waals surface area contributed by atoms with Crippen LogP contribution in [0.25, 0.3) is 16.9 Å². The molecule has 24 heavy (non-hydrogen) atoms. The van der Waals surface area contributed by atoms with E-state index < -0.39 is 17.3 Å². The van der Waals surface area contributed by atoms with Crippen molar-refractivity contribution in [1.29, 1.82) is 0 Å². The molecule has 2 aromatic heterocycles. The zero-order valence-corrected chi connectivity index (χ0v) is 14.1. The van der Waals surface area contributed by atoms with Crippen molar-refractivity contribution < 1.29 is 13.2 Å². The molecule has 1 aromatic carbocycles. The first kappa shape index (κ1) is 16.8. The van der Waals surface area contributed by atoms with Crippen LogP contribution >= 0.6 is 11.6 Å². The van der Waals surface area contributed by atoms with Crippen LogP contribution in [0.4, 0.5) is 13.2 Å². The van der Waals surface area contributed by atoms with E-state index in [1.54, 1.807) is 30.3 Å². The monoisotopic (exact) mass is 353 g/mol. The maximum Gasteiger partial charge on any atom is 0.433 e. The van der Waals surface area contributed by atoms with E-state index >= 15 is 0 Å². The second-order valence-electron chi connectivity index (χ2n) is 6.58. The minimum atomic E-state index is -4.52. The molecule has 2 heterocycles. The summed E-state index contributed by atoms with van der Waals surface area (Å²) in [5, 5.41) is 4.64. The molecule has 0 saturated heterocycles. The predicted octanol–water partition coefficient (Wildman–Crippen LogP) is 5.37. The number of alkyl halides is 3. The predicted molar refractivity (Wildman–Crippen MR) is 87.1 cm³/mol. The Morgan fingerprint density at radius 2 is 1.62 bits per heavy atom. The number of hydrogen-bond donors (Lipinski definition) is 0. The molecular formula is C17H15ClF3N3. The summed E-state index contributed by atoms with van der Waals surface area (Å²) in [7, 11) is 0. The quantitative estimate of drug-likeness (QED) is 0.589. The lowest BCUT2D eigenvalue weighted by Crippen LogP contribution is -2.19. The second-order valence-corrected chi connectivity index (χ2v) is 7.02. The molecule has 0 aliphatic carbocycles. The van der Waals surface area contributed by atoms with Gasteiger partial charge in [0.15, 0.2) is 5.65 Å². The van der Waals surface area contributed by atoms with Gasteiger partial charge in [-0.1, -0.05) is 44.5 Å². The van der Waals surface area contributed by atoms with Crippen LogP contribution in [0.3, 0.4) is 0 Å². The fraction of sp³-hybridized carbons (Fsp3) is 0.294. The van der Waals surface area contributed by atoms with Gasteiger partial charge in [-0.3, -0.25) is 0 Å². The first-order chi connectivity index (χ1) is 11.1. The Balaban J connectivity index is 2.26. The highest BCUT2D eigenvalue weighted by molar-refractivity contribution is 6.30. The van der Waals surface area contributed by atoms with Gasteiger partial charge in [0, 0.05) is 22.1 Å². The van der Waals surface area contributed by atoms with Gasteiger partial charge in [0.25, 0.3) is 0 Å². The Morgan fingerprint density at radius 3 is 2.17 bits per heavy atom. The average molecular weight is 354 g/mol. The summed E-state index contributed by atoms with van der Waals surface area (Å²) in [6.45, 7) is 5.47. The topological polar surface area (TPSA) is 30.2 Å². The molecule has 0 spiro atoms. The zero-order valence-electron chi connectivity index (χ0n) is 13.3. The largest absolute Gasteiger partial charge is 0.433 e. The molecule has 7 heteroatoms. The van der Waals surface area contributed by atoms with Crippen molar-refractivity contribution in [2.75, 3.05) is 0 Å². The maximum absolute atomic E-state index is 13.4. The zero-order chi connectivity index (χ0) is 17.7. The Bertz CT molecular complexity index is 890. The maximum atomic E-state index is 13.4. The van der Waals surface area contributed by atoms with Gasteiger partial charge in [0.05, 0.1) is 11.4 Å². The summed E-state index contributed by atoms with van der Waals surface area (Å²) >= 11 is 5.85.